The van der Waals surface area contributed by atoms with E-state index in [-0.39, 0.29) is 13.1 Å². The summed E-state index contributed by atoms with van der Waals surface area (Å²) in [6.07, 6.45) is -1.06. The van der Waals surface area contributed by atoms with Crippen LogP contribution in [-0.4, -0.2) is 29.2 Å². The van der Waals surface area contributed by atoms with E-state index in [1.807, 2.05) is 0 Å². The Hall–Kier alpha value is -1.33. The van der Waals surface area contributed by atoms with Gasteiger partial charge in [0.05, 0.1) is 5.92 Å². The molecule has 0 N–H and O–H groups in total. The fourth-order valence-corrected chi connectivity index (χ4v) is 1.30. The molecule has 0 unspecified atom stereocenters. The predicted molar refractivity (Wildman–Crippen MR) is 43.8 cm³/mol. The van der Waals surface area contributed by atoms with Crippen molar-refractivity contribution in [3.63, 3.8) is 0 Å². The molecule has 3 nitrogen and oxygen atoms in total. The van der Waals surface area contributed by atoms with E-state index in [2.05, 4.69) is 9.97 Å². The van der Waals surface area contributed by atoms with Crippen molar-refractivity contribution >= 4 is 5.95 Å². The van der Waals surface area contributed by atoms with E-state index in [0.29, 0.717) is 5.95 Å². The molecule has 0 amide bonds. The average Bonchev–Trinajstić information content (AvgIpc) is 2.00. The second kappa shape index (κ2) is 3.11. The Labute approximate surface area is 78.6 Å². The molecule has 0 aliphatic carbocycles. The highest BCUT2D eigenvalue weighted by Gasteiger charge is 2.47. The number of rotatable bonds is 1. The lowest BCUT2D eigenvalue weighted by Gasteiger charge is -2.39. The maximum absolute atomic E-state index is 12.1. The Morgan fingerprint density at radius 1 is 1.21 bits per heavy atom. The van der Waals surface area contributed by atoms with Gasteiger partial charge in [0.15, 0.2) is 0 Å². The average molecular weight is 203 g/mol. The molecule has 6 heteroatoms. The van der Waals surface area contributed by atoms with Crippen LogP contribution in [0.1, 0.15) is 0 Å². The molecule has 1 saturated heterocycles. The molecule has 14 heavy (non-hydrogen) atoms. The van der Waals surface area contributed by atoms with Gasteiger partial charge in [-0.05, 0) is 6.07 Å². The van der Waals surface area contributed by atoms with Gasteiger partial charge in [0.2, 0.25) is 5.95 Å². The number of alkyl halides is 3. The molecule has 76 valence electrons. The Balaban J connectivity index is 1.96. The maximum Gasteiger partial charge on any atom is 0.395 e. The van der Waals surface area contributed by atoms with Crippen molar-refractivity contribution in [1.29, 1.82) is 0 Å². The minimum Gasteiger partial charge on any atom is -0.339 e. The zero-order chi connectivity index (χ0) is 10.2. The van der Waals surface area contributed by atoms with E-state index >= 15 is 0 Å². The van der Waals surface area contributed by atoms with Crippen LogP contribution in [-0.2, 0) is 0 Å². The van der Waals surface area contributed by atoms with Crippen molar-refractivity contribution in [3.05, 3.63) is 18.5 Å². The minimum atomic E-state index is -4.09. The third-order valence-electron chi connectivity index (χ3n) is 2.18. The summed E-state index contributed by atoms with van der Waals surface area (Å²) in [7, 11) is 0. The van der Waals surface area contributed by atoms with E-state index in [9.17, 15) is 13.2 Å². The first-order chi connectivity index (χ1) is 6.57. The van der Waals surface area contributed by atoms with Gasteiger partial charge < -0.3 is 4.90 Å². The van der Waals surface area contributed by atoms with Gasteiger partial charge in [-0.3, -0.25) is 0 Å². The monoisotopic (exact) mass is 203 g/mol. The van der Waals surface area contributed by atoms with Crippen molar-refractivity contribution in [2.45, 2.75) is 6.18 Å². The number of nitrogens with zero attached hydrogens (tertiary/aromatic N) is 3. The largest absolute Gasteiger partial charge is 0.395 e. The predicted octanol–water partition coefficient (Wildman–Crippen LogP) is 1.48. The number of aromatic nitrogens is 2. The molecule has 1 fully saturated rings. The van der Waals surface area contributed by atoms with Gasteiger partial charge in [0.25, 0.3) is 0 Å². The smallest absolute Gasteiger partial charge is 0.339 e. The van der Waals surface area contributed by atoms with Crippen LogP contribution < -0.4 is 4.90 Å². The molecular weight excluding hydrogens is 195 g/mol. The highest BCUT2D eigenvalue weighted by molar-refractivity contribution is 5.33. The van der Waals surface area contributed by atoms with Crippen molar-refractivity contribution < 1.29 is 13.2 Å². The van der Waals surface area contributed by atoms with Gasteiger partial charge in [-0.25, -0.2) is 9.97 Å². The molecule has 0 aromatic carbocycles. The maximum atomic E-state index is 12.1. The molecular formula is C8H8F3N3. The van der Waals surface area contributed by atoms with Gasteiger partial charge >= 0.3 is 6.18 Å². The molecule has 1 aromatic heterocycles. The fraction of sp³-hybridized carbons (Fsp3) is 0.500. The first kappa shape index (κ1) is 9.23. The zero-order valence-electron chi connectivity index (χ0n) is 7.20. The SMILES string of the molecule is FC(F)(F)C1CN(c2ncccn2)C1. The van der Waals surface area contributed by atoms with Gasteiger partial charge in [0.1, 0.15) is 0 Å². The summed E-state index contributed by atoms with van der Waals surface area (Å²) in [6, 6.07) is 1.63. The van der Waals surface area contributed by atoms with Crippen LogP contribution in [0.25, 0.3) is 0 Å². The second-order valence-electron chi connectivity index (χ2n) is 3.19. The van der Waals surface area contributed by atoms with Gasteiger partial charge in [-0.1, -0.05) is 0 Å². The lowest BCUT2D eigenvalue weighted by molar-refractivity contribution is -0.180. The standard InChI is InChI=1S/C8H8F3N3/c9-8(10,11)6-4-14(5-6)7-12-2-1-3-13-7/h1-3,6H,4-5H2. The van der Waals surface area contributed by atoms with Crippen LogP contribution in [0, 0.1) is 5.92 Å². The van der Waals surface area contributed by atoms with E-state index in [0.717, 1.165) is 0 Å². The van der Waals surface area contributed by atoms with E-state index in [4.69, 9.17) is 0 Å². The van der Waals surface area contributed by atoms with Crippen LogP contribution >= 0.6 is 0 Å². The number of hydrogen-bond donors (Lipinski definition) is 0. The van der Waals surface area contributed by atoms with Crippen LogP contribution in [0.5, 0.6) is 0 Å². The van der Waals surface area contributed by atoms with Crippen LogP contribution in [0.3, 0.4) is 0 Å². The Morgan fingerprint density at radius 2 is 1.79 bits per heavy atom. The van der Waals surface area contributed by atoms with Crippen LogP contribution in [0.2, 0.25) is 0 Å². The van der Waals surface area contributed by atoms with Crippen LogP contribution in [0.15, 0.2) is 18.5 Å². The van der Waals surface area contributed by atoms with Crippen molar-refractivity contribution in [2.24, 2.45) is 5.92 Å². The summed E-state index contributed by atoms with van der Waals surface area (Å²) in [4.78, 5) is 9.24. The topological polar surface area (TPSA) is 29.0 Å². The third-order valence-corrected chi connectivity index (χ3v) is 2.18. The molecule has 1 aliphatic rings. The second-order valence-corrected chi connectivity index (χ2v) is 3.19. The number of halogens is 3. The Morgan fingerprint density at radius 3 is 2.29 bits per heavy atom. The summed E-state index contributed by atoms with van der Waals surface area (Å²) < 4.78 is 36.4. The fourth-order valence-electron chi connectivity index (χ4n) is 1.30. The van der Waals surface area contributed by atoms with E-state index in [1.165, 1.54) is 17.3 Å². The van der Waals surface area contributed by atoms with E-state index < -0.39 is 12.1 Å². The normalized spacial score (nSPS) is 18.1. The van der Waals surface area contributed by atoms with E-state index in [1.54, 1.807) is 6.07 Å². The van der Waals surface area contributed by atoms with Crippen molar-refractivity contribution in [1.82, 2.24) is 9.97 Å². The summed E-state index contributed by atoms with van der Waals surface area (Å²) in [6.45, 7) is -0.0684. The highest BCUT2D eigenvalue weighted by atomic mass is 19.4. The van der Waals surface area contributed by atoms with Crippen LogP contribution in [0.4, 0.5) is 19.1 Å². The lowest BCUT2D eigenvalue weighted by Crippen LogP contribution is -2.54. The lowest BCUT2D eigenvalue weighted by atomic mass is 10.0. The minimum absolute atomic E-state index is 0.0342. The summed E-state index contributed by atoms with van der Waals surface area (Å²) in [5, 5.41) is 0. The summed E-state index contributed by atoms with van der Waals surface area (Å²) >= 11 is 0. The molecule has 2 rings (SSSR count). The highest BCUT2D eigenvalue weighted by Crippen LogP contribution is 2.34. The van der Waals surface area contributed by atoms with Gasteiger partial charge in [0, 0.05) is 25.5 Å². The molecule has 0 saturated carbocycles. The number of hydrogen-bond acceptors (Lipinski definition) is 3. The third kappa shape index (κ3) is 1.64. The van der Waals surface area contributed by atoms with Gasteiger partial charge in [-0.15, -0.1) is 0 Å². The molecule has 1 aliphatic heterocycles. The quantitative estimate of drug-likeness (QED) is 0.692. The van der Waals surface area contributed by atoms with Gasteiger partial charge in [-0.2, -0.15) is 13.2 Å². The molecule has 1 aromatic rings. The molecule has 0 atom stereocenters. The van der Waals surface area contributed by atoms with Crippen molar-refractivity contribution in [2.75, 3.05) is 18.0 Å². The number of anilines is 1. The first-order valence-corrected chi connectivity index (χ1v) is 4.16. The zero-order valence-corrected chi connectivity index (χ0v) is 7.20. The summed E-state index contributed by atoms with van der Waals surface area (Å²) in [5.74, 6) is -0.862. The van der Waals surface area contributed by atoms with Crippen molar-refractivity contribution in [3.8, 4) is 0 Å². The molecule has 2 heterocycles. The summed E-state index contributed by atoms with van der Waals surface area (Å²) in [5.41, 5.74) is 0. The molecule has 0 radical (unpaired) electrons. The Bertz CT molecular complexity index is 305. The molecule has 0 spiro atoms. The molecule has 0 bridgehead atoms. The first-order valence-electron chi connectivity index (χ1n) is 4.16. The Kier molecular flexibility index (Phi) is 2.05.